The van der Waals surface area contributed by atoms with Crippen molar-refractivity contribution in [1.29, 1.82) is 0 Å². The van der Waals surface area contributed by atoms with Crippen LogP contribution in [0.25, 0.3) is 0 Å². The molecule has 0 aliphatic heterocycles. The van der Waals surface area contributed by atoms with Crippen LogP contribution in [0.15, 0.2) is 46.6 Å². The number of carbonyl (C=O) groups excluding carboxylic acids is 2. The lowest BCUT2D eigenvalue weighted by atomic mass is 9.60. The van der Waals surface area contributed by atoms with Crippen LogP contribution < -0.4 is 0 Å². The molecule has 4 aliphatic carbocycles. The second-order valence-electron chi connectivity index (χ2n) is 11.9. The second kappa shape index (κ2) is 7.46. The molecule has 1 fully saturated rings. The van der Waals surface area contributed by atoms with Gasteiger partial charge < -0.3 is 0 Å². The summed E-state index contributed by atoms with van der Waals surface area (Å²) >= 11 is 0. The summed E-state index contributed by atoms with van der Waals surface area (Å²) in [7, 11) is 0. The maximum absolute atomic E-state index is 13.4. The molecule has 0 amide bonds. The molecule has 4 atom stereocenters. The highest BCUT2D eigenvalue weighted by molar-refractivity contribution is 6.02. The van der Waals surface area contributed by atoms with Crippen molar-refractivity contribution in [2.75, 3.05) is 0 Å². The predicted molar refractivity (Wildman–Crippen MR) is 123 cm³/mol. The molecule has 0 saturated heterocycles. The Kier molecular flexibility index (Phi) is 5.36. The van der Waals surface area contributed by atoms with Crippen molar-refractivity contribution in [2.45, 2.75) is 80.1 Å². The molecule has 0 aromatic carbocycles. The van der Waals surface area contributed by atoms with Gasteiger partial charge in [-0.3, -0.25) is 9.59 Å². The molecule has 1 unspecified atom stereocenters. The van der Waals surface area contributed by atoms with Crippen LogP contribution in [0.2, 0.25) is 0 Å². The van der Waals surface area contributed by atoms with Crippen molar-refractivity contribution in [1.82, 2.24) is 0 Å². The summed E-state index contributed by atoms with van der Waals surface area (Å²) in [5, 5.41) is 0. The second-order valence-corrected chi connectivity index (χ2v) is 11.9. The molecule has 0 aromatic rings. The van der Waals surface area contributed by atoms with E-state index in [0.29, 0.717) is 17.5 Å². The Labute approximate surface area is 182 Å². The van der Waals surface area contributed by atoms with E-state index in [9.17, 15) is 9.59 Å². The molecule has 0 heterocycles. The minimum atomic E-state index is -0.165. The predicted octanol–water partition coefficient (Wildman–Crippen LogP) is 6.78. The van der Waals surface area contributed by atoms with E-state index in [1.165, 1.54) is 17.6 Å². The van der Waals surface area contributed by atoms with E-state index >= 15 is 0 Å². The Hall–Kier alpha value is -1.70. The molecular formula is C28H38O2. The first-order valence-corrected chi connectivity index (χ1v) is 11.9. The van der Waals surface area contributed by atoms with Gasteiger partial charge in [0, 0.05) is 23.0 Å². The molecule has 4 rings (SSSR count). The Morgan fingerprint density at radius 1 is 0.633 bits per heavy atom. The summed E-state index contributed by atoms with van der Waals surface area (Å²) in [5.74, 6) is 1.49. The van der Waals surface area contributed by atoms with Crippen LogP contribution in [0.4, 0.5) is 0 Å². The van der Waals surface area contributed by atoms with Crippen molar-refractivity contribution in [3.05, 3.63) is 46.6 Å². The number of fused-ring (bicyclic) bond motifs is 2. The zero-order valence-electron chi connectivity index (χ0n) is 19.7. The number of Topliss-reactive ketones (excluding diaryl/α,β-unsaturated/α-hetero) is 2. The summed E-state index contributed by atoms with van der Waals surface area (Å²) in [6, 6.07) is 0. The van der Waals surface area contributed by atoms with E-state index in [-0.39, 0.29) is 28.6 Å². The molecule has 0 radical (unpaired) electrons. The van der Waals surface area contributed by atoms with Gasteiger partial charge in [-0.05, 0) is 59.5 Å². The van der Waals surface area contributed by atoms with E-state index < -0.39 is 0 Å². The van der Waals surface area contributed by atoms with Gasteiger partial charge in [0.15, 0.2) is 11.6 Å². The molecular weight excluding hydrogens is 368 g/mol. The first-order chi connectivity index (χ1) is 14.0. The molecule has 0 aromatic heterocycles. The van der Waals surface area contributed by atoms with Crippen LogP contribution in [0.5, 0.6) is 0 Å². The fourth-order valence-electron chi connectivity index (χ4n) is 6.10. The monoisotopic (exact) mass is 406 g/mol. The fraction of sp³-hybridized carbons (Fsp3) is 0.643. The van der Waals surface area contributed by atoms with Crippen LogP contribution in [0.1, 0.15) is 80.1 Å². The van der Waals surface area contributed by atoms with E-state index in [4.69, 9.17) is 0 Å². The van der Waals surface area contributed by atoms with E-state index in [0.717, 1.165) is 43.3 Å². The maximum Gasteiger partial charge on any atom is 0.163 e. The van der Waals surface area contributed by atoms with Gasteiger partial charge in [0.2, 0.25) is 0 Å². The molecule has 162 valence electrons. The van der Waals surface area contributed by atoms with Gasteiger partial charge in [0.1, 0.15) is 0 Å². The van der Waals surface area contributed by atoms with Gasteiger partial charge in [-0.15, -0.1) is 0 Å². The largest absolute Gasteiger partial charge is 0.294 e. The number of rotatable bonds is 0. The number of hydrogen-bond acceptors (Lipinski definition) is 2. The molecule has 0 bridgehead atoms. The van der Waals surface area contributed by atoms with Crippen LogP contribution >= 0.6 is 0 Å². The van der Waals surface area contributed by atoms with E-state index in [1.807, 2.05) is 0 Å². The maximum atomic E-state index is 13.4. The lowest BCUT2D eigenvalue weighted by Crippen LogP contribution is -2.39. The van der Waals surface area contributed by atoms with Gasteiger partial charge in [0.05, 0.1) is 0 Å². The summed E-state index contributed by atoms with van der Waals surface area (Å²) in [5.41, 5.74) is 4.37. The van der Waals surface area contributed by atoms with Gasteiger partial charge in [-0.2, -0.15) is 0 Å². The van der Waals surface area contributed by atoms with Crippen molar-refractivity contribution in [3.8, 4) is 0 Å². The quantitative estimate of drug-likeness (QED) is 0.415. The van der Waals surface area contributed by atoms with E-state index in [2.05, 4.69) is 65.8 Å². The summed E-state index contributed by atoms with van der Waals surface area (Å²) in [4.78, 5) is 26.8. The third kappa shape index (κ3) is 3.61. The Morgan fingerprint density at radius 3 is 1.60 bits per heavy atom. The van der Waals surface area contributed by atoms with Gasteiger partial charge >= 0.3 is 0 Å². The molecule has 4 aliphatic rings. The van der Waals surface area contributed by atoms with Gasteiger partial charge in [-0.1, -0.05) is 78.7 Å². The third-order valence-electron chi connectivity index (χ3n) is 7.75. The standard InChI is InChI=1S/C28H38O2/c1-27(2,3)23-15-21(17-11-7-9-13-19(17)25(23)29)22-16-24(28(4,5)6)26(30)20-14-10-8-12-18(20)22/h7,9,15-20H,8,10-14H2,1-6H3/b22-21+/t17-,18?,19+,20+/m0/s1. The summed E-state index contributed by atoms with van der Waals surface area (Å²) < 4.78 is 0. The van der Waals surface area contributed by atoms with Crippen LogP contribution in [0.3, 0.4) is 0 Å². The highest BCUT2D eigenvalue weighted by Crippen LogP contribution is 2.51. The normalized spacial score (nSPS) is 34.9. The summed E-state index contributed by atoms with van der Waals surface area (Å²) in [6.45, 7) is 13.0. The zero-order chi connectivity index (χ0) is 21.8. The van der Waals surface area contributed by atoms with Crippen LogP contribution in [-0.4, -0.2) is 11.6 Å². The first-order valence-electron chi connectivity index (χ1n) is 11.9. The fourth-order valence-corrected chi connectivity index (χ4v) is 6.10. The molecule has 0 N–H and O–H groups in total. The Morgan fingerprint density at radius 2 is 1.07 bits per heavy atom. The highest BCUT2D eigenvalue weighted by Gasteiger charge is 2.45. The Balaban J connectivity index is 1.97. The lowest BCUT2D eigenvalue weighted by molar-refractivity contribution is -0.123. The van der Waals surface area contributed by atoms with Crippen molar-refractivity contribution >= 4 is 11.6 Å². The Bertz CT molecular complexity index is 879. The average Bonchev–Trinajstić information content (AvgIpc) is 2.67. The zero-order valence-corrected chi connectivity index (χ0v) is 19.7. The first kappa shape index (κ1) is 21.5. The van der Waals surface area contributed by atoms with Crippen LogP contribution in [-0.2, 0) is 9.59 Å². The number of ketones is 2. The number of carbonyl (C=O) groups is 2. The van der Waals surface area contributed by atoms with Gasteiger partial charge in [0.25, 0.3) is 0 Å². The number of hydrogen-bond donors (Lipinski definition) is 0. The molecule has 2 heteroatoms. The van der Waals surface area contributed by atoms with Crippen molar-refractivity contribution in [2.24, 2.45) is 34.5 Å². The topological polar surface area (TPSA) is 34.1 Å². The molecule has 2 nitrogen and oxygen atoms in total. The molecule has 1 saturated carbocycles. The SMILES string of the molecule is CC(C)(C)C1=C/C(=C2/C=C(C(C)(C)C)C(=O)[C@@H]3CC=CC[C@H]23)C2CCCC[C@H]2C1=O. The lowest BCUT2D eigenvalue weighted by Gasteiger charge is -2.43. The average molecular weight is 407 g/mol. The van der Waals surface area contributed by atoms with Crippen molar-refractivity contribution < 1.29 is 9.59 Å². The number of allylic oxidation sites excluding steroid dienone is 8. The highest BCUT2D eigenvalue weighted by atomic mass is 16.1. The smallest absolute Gasteiger partial charge is 0.163 e. The van der Waals surface area contributed by atoms with E-state index in [1.54, 1.807) is 0 Å². The molecule has 0 spiro atoms. The summed E-state index contributed by atoms with van der Waals surface area (Å²) in [6.07, 6.45) is 15.2. The minimum absolute atomic E-state index is 0.0582. The van der Waals surface area contributed by atoms with Crippen molar-refractivity contribution in [3.63, 3.8) is 0 Å². The minimum Gasteiger partial charge on any atom is -0.294 e. The third-order valence-corrected chi connectivity index (χ3v) is 7.75. The van der Waals surface area contributed by atoms with Crippen LogP contribution in [0, 0.1) is 34.5 Å². The van der Waals surface area contributed by atoms with Gasteiger partial charge in [-0.25, -0.2) is 0 Å². The molecule has 30 heavy (non-hydrogen) atoms.